The molecular weight excluding hydrogens is 306 g/mol. The average molecular weight is 328 g/mol. The first-order chi connectivity index (χ1) is 6.58. The van der Waals surface area contributed by atoms with Gasteiger partial charge in [0.1, 0.15) is 0 Å². The van der Waals surface area contributed by atoms with Crippen molar-refractivity contribution in [1.82, 2.24) is 0 Å². The molecule has 0 aromatic rings. The van der Waals surface area contributed by atoms with Crippen LogP contribution in [-0.4, -0.2) is 18.9 Å². The van der Waals surface area contributed by atoms with Gasteiger partial charge in [-0.15, -0.1) is 0 Å². The summed E-state index contributed by atoms with van der Waals surface area (Å²) in [6.07, 6.45) is 2.55. The Morgan fingerprint density at radius 2 is 1.71 bits per heavy atom. The molecule has 0 spiro atoms. The standard InChI is InChI=1S/C11H22IOP/c1-6-13-11(12)10(9(4)5)14(7-2)8-3/h9H,6-8H2,1-5H3/b11-10-. The van der Waals surface area contributed by atoms with Crippen molar-refractivity contribution in [1.29, 1.82) is 0 Å². The van der Waals surface area contributed by atoms with Crippen molar-refractivity contribution in [2.24, 2.45) is 5.92 Å². The summed E-state index contributed by atoms with van der Waals surface area (Å²) < 4.78 is 6.78. The summed E-state index contributed by atoms with van der Waals surface area (Å²) in [7, 11) is 0.0371. The second-order valence-electron chi connectivity index (χ2n) is 3.42. The van der Waals surface area contributed by atoms with Crippen LogP contribution in [0.4, 0.5) is 0 Å². The van der Waals surface area contributed by atoms with Crippen molar-refractivity contribution in [2.45, 2.75) is 34.6 Å². The van der Waals surface area contributed by atoms with Crippen LogP contribution in [0.15, 0.2) is 9.08 Å². The van der Waals surface area contributed by atoms with Crippen molar-refractivity contribution < 1.29 is 4.74 Å². The third kappa shape index (κ3) is 4.48. The lowest BCUT2D eigenvalue weighted by molar-refractivity contribution is 0.260. The number of halogens is 1. The second-order valence-corrected chi connectivity index (χ2v) is 7.23. The van der Waals surface area contributed by atoms with Gasteiger partial charge in [0.2, 0.25) is 0 Å². The molecule has 0 atom stereocenters. The Morgan fingerprint density at radius 3 is 2.00 bits per heavy atom. The molecule has 0 aliphatic rings. The highest BCUT2D eigenvalue weighted by Gasteiger charge is 2.17. The lowest BCUT2D eigenvalue weighted by atomic mass is 10.2. The van der Waals surface area contributed by atoms with E-state index in [0.29, 0.717) is 5.92 Å². The molecule has 0 aromatic heterocycles. The Bertz CT molecular complexity index is 186. The van der Waals surface area contributed by atoms with Crippen LogP contribution in [0.3, 0.4) is 0 Å². The van der Waals surface area contributed by atoms with Gasteiger partial charge < -0.3 is 4.74 Å². The highest BCUT2D eigenvalue weighted by Crippen LogP contribution is 2.50. The molecular formula is C11H22IOP. The molecule has 0 amide bonds. The highest BCUT2D eigenvalue weighted by atomic mass is 127. The Kier molecular flexibility index (Phi) is 8.32. The van der Waals surface area contributed by atoms with E-state index in [-0.39, 0.29) is 7.92 Å². The molecule has 0 N–H and O–H groups in total. The molecule has 0 fully saturated rings. The van der Waals surface area contributed by atoms with E-state index >= 15 is 0 Å². The predicted octanol–water partition coefficient (Wildman–Crippen LogP) is 4.80. The summed E-state index contributed by atoms with van der Waals surface area (Å²) in [5.41, 5.74) is 0. The van der Waals surface area contributed by atoms with Crippen LogP contribution in [0, 0.1) is 5.92 Å². The molecule has 0 aliphatic heterocycles. The quantitative estimate of drug-likeness (QED) is 0.386. The van der Waals surface area contributed by atoms with Gasteiger partial charge in [-0.1, -0.05) is 35.6 Å². The number of ether oxygens (including phenoxy) is 1. The maximum Gasteiger partial charge on any atom is 0.160 e. The molecule has 14 heavy (non-hydrogen) atoms. The number of hydrogen-bond donors (Lipinski definition) is 0. The van der Waals surface area contributed by atoms with Gasteiger partial charge in [0, 0.05) is 5.31 Å². The van der Waals surface area contributed by atoms with Crippen LogP contribution in [0.25, 0.3) is 0 Å². The Morgan fingerprint density at radius 1 is 1.21 bits per heavy atom. The SMILES string of the molecule is CCO/C(I)=C(/C(C)C)P(CC)CC. The van der Waals surface area contributed by atoms with Gasteiger partial charge >= 0.3 is 0 Å². The van der Waals surface area contributed by atoms with Crippen molar-refractivity contribution >= 4 is 30.5 Å². The molecule has 1 nitrogen and oxygen atoms in total. The molecule has 84 valence electrons. The zero-order valence-corrected chi connectivity index (χ0v) is 13.0. The van der Waals surface area contributed by atoms with E-state index in [1.165, 1.54) is 12.3 Å². The minimum Gasteiger partial charge on any atom is -0.488 e. The Hall–Kier alpha value is 0.700. The zero-order chi connectivity index (χ0) is 11.1. The predicted molar refractivity (Wildman–Crippen MR) is 75.5 cm³/mol. The fraction of sp³-hybridized carbons (Fsp3) is 0.818. The fourth-order valence-electron chi connectivity index (χ4n) is 1.48. The van der Waals surface area contributed by atoms with E-state index in [0.717, 1.165) is 10.4 Å². The Labute approximate surface area is 104 Å². The van der Waals surface area contributed by atoms with E-state index in [9.17, 15) is 0 Å². The molecule has 0 bridgehead atoms. The third-order valence-electron chi connectivity index (χ3n) is 2.12. The smallest absolute Gasteiger partial charge is 0.160 e. The monoisotopic (exact) mass is 328 g/mol. The van der Waals surface area contributed by atoms with Gasteiger partial charge in [0.05, 0.1) is 6.61 Å². The maximum atomic E-state index is 5.63. The highest BCUT2D eigenvalue weighted by molar-refractivity contribution is 14.1. The van der Waals surface area contributed by atoms with Crippen LogP contribution in [0.2, 0.25) is 0 Å². The van der Waals surface area contributed by atoms with Gasteiger partial charge in [0.25, 0.3) is 0 Å². The summed E-state index contributed by atoms with van der Waals surface area (Å²) in [6, 6.07) is 0. The summed E-state index contributed by atoms with van der Waals surface area (Å²) in [5, 5.41) is 1.56. The summed E-state index contributed by atoms with van der Waals surface area (Å²) in [4.78, 5) is 0. The van der Waals surface area contributed by atoms with Gasteiger partial charge in [-0.05, 0) is 47.8 Å². The van der Waals surface area contributed by atoms with Crippen LogP contribution in [0.5, 0.6) is 0 Å². The van der Waals surface area contributed by atoms with E-state index in [1.54, 1.807) is 5.31 Å². The molecule has 3 heteroatoms. The van der Waals surface area contributed by atoms with E-state index < -0.39 is 0 Å². The number of hydrogen-bond acceptors (Lipinski definition) is 1. The first-order valence-corrected chi connectivity index (χ1v) is 8.14. The second kappa shape index (κ2) is 7.92. The first-order valence-electron chi connectivity index (χ1n) is 5.35. The van der Waals surface area contributed by atoms with Gasteiger partial charge in [-0.2, -0.15) is 0 Å². The van der Waals surface area contributed by atoms with Crippen LogP contribution < -0.4 is 0 Å². The summed E-state index contributed by atoms with van der Waals surface area (Å²) >= 11 is 2.35. The van der Waals surface area contributed by atoms with Crippen LogP contribution in [-0.2, 0) is 4.74 Å². The Balaban J connectivity index is 4.80. The maximum absolute atomic E-state index is 5.63. The lowest BCUT2D eigenvalue weighted by Crippen LogP contribution is -2.01. The molecule has 0 aromatic carbocycles. The average Bonchev–Trinajstić information content (AvgIpc) is 2.13. The van der Waals surface area contributed by atoms with E-state index in [1.807, 2.05) is 0 Å². The van der Waals surface area contributed by atoms with E-state index in [4.69, 9.17) is 4.74 Å². The normalized spacial score (nSPS) is 13.4. The molecule has 0 aliphatic carbocycles. The number of rotatable bonds is 6. The van der Waals surface area contributed by atoms with Crippen LogP contribution >= 0.6 is 30.5 Å². The molecule has 0 unspecified atom stereocenters. The topological polar surface area (TPSA) is 9.23 Å². The van der Waals surface area contributed by atoms with Gasteiger partial charge in [0.15, 0.2) is 3.77 Å². The van der Waals surface area contributed by atoms with Crippen molar-refractivity contribution in [3.63, 3.8) is 0 Å². The largest absolute Gasteiger partial charge is 0.488 e. The molecule has 0 saturated carbocycles. The molecule has 0 heterocycles. The van der Waals surface area contributed by atoms with Crippen molar-refractivity contribution in [2.75, 3.05) is 18.9 Å². The van der Waals surface area contributed by atoms with Crippen LogP contribution in [0.1, 0.15) is 34.6 Å². The van der Waals surface area contributed by atoms with Crippen molar-refractivity contribution in [3.8, 4) is 0 Å². The molecule has 0 radical (unpaired) electrons. The summed E-state index contributed by atoms with van der Waals surface area (Å²) in [6.45, 7) is 11.9. The fourth-order valence-corrected chi connectivity index (χ4v) is 5.61. The van der Waals surface area contributed by atoms with E-state index in [2.05, 4.69) is 57.2 Å². The zero-order valence-electron chi connectivity index (χ0n) is 9.93. The lowest BCUT2D eigenvalue weighted by Gasteiger charge is -2.23. The number of allylic oxidation sites excluding steroid dienone is 1. The minimum atomic E-state index is 0.0371. The van der Waals surface area contributed by atoms with Crippen molar-refractivity contribution in [3.05, 3.63) is 9.08 Å². The molecule has 0 saturated heterocycles. The molecule has 0 rings (SSSR count). The summed E-state index contributed by atoms with van der Waals surface area (Å²) in [5.74, 6) is 0.625. The minimum absolute atomic E-state index is 0.0371. The van der Waals surface area contributed by atoms with Gasteiger partial charge in [-0.3, -0.25) is 0 Å². The van der Waals surface area contributed by atoms with Gasteiger partial charge in [-0.25, -0.2) is 0 Å². The first kappa shape index (κ1) is 14.7. The third-order valence-corrected chi connectivity index (χ3v) is 6.37.